The summed E-state index contributed by atoms with van der Waals surface area (Å²) in [4.78, 5) is 0.208. The third kappa shape index (κ3) is 4.68. The molecule has 3 aromatic carbocycles. The van der Waals surface area contributed by atoms with Crippen LogP contribution in [-0.4, -0.2) is 43.0 Å². The second-order valence-electron chi connectivity index (χ2n) is 10.2. The number of para-hydroxylation sites is 2. The highest BCUT2D eigenvalue weighted by Gasteiger charge is 2.92. The number of hydrogen-bond acceptors (Lipinski definition) is 4. The first-order chi connectivity index (χ1) is 21.2. The molecule has 248 valence electrons. The Morgan fingerprint density at radius 1 is 0.652 bits per heavy atom. The number of fused-ring (bicyclic) bond motifs is 2. The van der Waals surface area contributed by atoms with Crippen LogP contribution in [0, 0.1) is 0 Å². The lowest BCUT2D eigenvalue weighted by molar-refractivity contribution is -0.439. The Balaban J connectivity index is 1.73. The fraction of sp³-hybridized carbons (Fsp3) is 0.310. The number of alkyl halides is 13. The minimum atomic E-state index is -8.04. The van der Waals surface area contributed by atoms with Crippen molar-refractivity contribution in [1.82, 2.24) is 0 Å². The fourth-order valence-electron chi connectivity index (χ4n) is 5.05. The normalized spacial score (nSPS) is 16.7. The van der Waals surface area contributed by atoms with Gasteiger partial charge in [-0.2, -0.15) is 57.1 Å². The molecule has 4 nitrogen and oxygen atoms in total. The topological polar surface area (TPSA) is 28.9 Å². The van der Waals surface area contributed by atoms with Crippen molar-refractivity contribution < 1.29 is 66.2 Å². The number of furan rings is 1. The molecule has 0 fully saturated rings. The summed E-state index contributed by atoms with van der Waals surface area (Å²) in [5, 5.41) is 0.156. The van der Waals surface area contributed by atoms with Gasteiger partial charge in [0.2, 0.25) is 0 Å². The molecule has 0 spiro atoms. The Morgan fingerprint density at radius 3 is 1.80 bits per heavy atom. The van der Waals surface area contributed by atoms with Gasteiger partial charge in [0, 0.05) is 18.0 Å². The van der Waals surface area contributed by atoms with Gasteiger partial charge in [-0.25, -0.2) is 0 Å². The quantitative estimate of drug-likeness (QED) is 0.131. The molecular weight excluding hydrogens is 655 g/mol. The Labute approximate surface area is 250 Å². The highest BCUT2D eigenvalue weighted by atomic mass is 19.4. The van der Waals surface area contributed by atoms with Gasteiger partial charge < -0.3 is 14.1 Å². The first kappa shape index (κ1) is 33.1. The van der Waals surface area contributed by atoms with E-state index in [4.69, 9.17) is 9.15 Å². The minimum Gasteiger partial charge on any atom is -0.497 e. The molecule has 5 rings (SSSR count). The summed E-state index contributed by atoms with van der Waals surface area (Å²) in [6.07, 6.45) is -9.89. The smallest absolute Gasteiger partial charge is 0.460 e. The van der Waals surface area contributed by atoms with Crippen molar-refractivity contribution in [3.8, 4) is 5.75 Å². The first-order valence-corrected chi connectivity index (χ1v) is 12.9. The highest BCUT2D eigenvalue weighted by Crippen LogP contribution is 2.63. The number of ether oxygens (including phenoxy) is 1. The van der Waals surface area contributed by atoms with E-state index < -0.39 is 65.0 Å². The zero-order chi connectivity index (χ0) is 34.1. The van der Waals surface area contributed by atoms with Gasteiger partial charge in [0.05, 0.1) is 18.5 Å². The average Bonchev–Trinajstić information content (AvgIpc) is 3.55. The van der Waals surface area contributed by atoms with Crippen LogP contribution in [-0.2, 0) is 6.54 Å². The Bertz CT molecular complexity index is 1720. The zero-order valence-corrected chi connectivity index (χ0v) is 22.9. The van der Waals surface area contributed by atoms with Crippen molar-refractivity contribution >= 4 is 22.3 Å². The van der Waals surface area contributed by atoms with Crippen molar-refractivity contribution in [2.24, 2.45) is 0 Å². The van der Waals surface area contributed by atoms with Crippen LogP contribution >= 0.6 is 0 Å². The lowest BCUT2D eigenvalue weighted by Crippen LogP contribution is -2.73. The van der Waals surface area contributed by atoms with Crippen molar-refractivity contribution in [1.29, 1.82) is 0 Å². The summed E-state index contributed by atoms with van der Waals surface area (Å²) >= 11 is 0. The number of methoxy groups -OCH3 is 1. The second kappa shape index (κ2) is 10.6. The summed E-state index contributed by atoms with van der Waals surface area (Å²) in [7, 11) is 1.27. The lowest BCUT2D eigenvalue weighted by atomic mass is 9.95. The van der Waals surface area contributed by atoms with Crippen molar-refractivity contribution in [2.45, 2.75) is 48.6 Å². The van der Waals surface area contributed by atoms with Gasteiger partial charge >= 0.3 is 35.9 Å². The SMILES string of the molecule is COc1ccc2cc(C3N(Cc4ccccc4)c4ccccc4N3C(F)(F)C(F)(F)C(F)(F)C(F)(F)C(F)(F)C(F)(F)F)oc2c1. The van der Waals surface area contributed by atoms with E-state index in [9.17, 15) is 39.5 Å². The molecule has 4 aromatic rings. The fourth-order valence-corrected chi connectivity index (χ4v) is 5.05. The number of benzene rings is 3. The zero-order valence-electron chi connectivity index (χ0n) is 22.9. The predicted octanol–water partition coefficient (Wildman–Crippen LogP) is 9.66. The summed E-state index contributed by atoms with van der Waals surface area (Å²) in [5.74, 6) is -31.9. The minimum absolute atomic E-state index is 0.0818. The predicted molar refractivity (Wildman–Crippen MR) is 138 cm³/mol. The summed E-state index contributed by atoms with van der Waals surface area (Å²) < 4.78 is 197. The number of nitrogens with zero attached hydrogens (tertiary/aromatic N) is 2. The highest BCUT2D eigenvalue weighted by molar-refractivity contribution is 5.82. The molecule has 1 aromatic heterocycles. The maximum Gasteiger partial charge on any atom is 0.460 e. The molecule has 0 bridgehead atoms. The molecule has 46 heavy (non-hydrogen) atoms. The second-order valence-corrected chi connectivity index (χ2v) is 10.2. The standard InChI is InChI=1S/C29H19F13N2O2/c1-45-18-12-11-17-13-22(46-21(17)14-18)23-43(15-16-7-3-2-4-8-16)19-9-5-6-10-20(19)44(23)29(41,42)27(36,37)25(32,33)24(30,31)26(34,35)28(38,39)40/h2-14,23H,15H2,1H3. The number of rotatable bonds is 9. The average molecular weight is 674 g/mol. The van der Waals surface area contributed by atoms with E-state index in [1.165, 1.54) is 55.6 Å². The van der Waals surface area contributed by atoms with E-state index >= 15 is 17.6 Å². The number of anilines is 2. The van der Waals surface area contributed by atoms with E-state index in [1.54, 1.807) is 6.07 Å². The third-order valence-corrected chi connectivity index (χ3v) is 7.41. The van der Waals surface area contributed by atoms with E-state index in [0.29, 0.717) is 5.56 Å². The molecular formula is C29H19F13N2O2. The largest absolute Gasteiger partial charge is 0.497 e. The van der Waals surface area contributed by atoms with Crippen LogP contribution < -0.4 is 14.5 Å². The molecule has 0 radical (unpaired) electrons. The summed E-state index contributed by atoms with van der Waals surface area (Å²) in [6.45, 7) is -0.417. The van der Waals surface area contributed by atoms with E-state index in [1.807, 2.05) is 0 Å². The van der Waals surface area contributed by atoms with Crippen LogP contribution in [0.2, 0.25) is 0 Å². The maximum atomic E-state index is 16.1. The van der Waals surface area contributed by atoms with Gasteiger partial charge in [0.1, 0.15) is 17.1 Å². The van der Waals surface area contributed by atoms with Gasteiger partial charge in [-0.1, -0.05) is 42.5 Å². The number of hydrogen-bond donors (Lipinski definition) is 0. The van der Waals surface area contributed by atoms with Crippen LogP contribution in [0.25, 0.3) is 11.0 Å². The van der Waals surface area contributed by atoms with Crippen molar-refractivity contribution in [3.63, 3.8) is 0 Å². The molecule has 0 amide bonds. The van der Waals surface area contributed by atoms with E-state index in [0.717, 1.165) is 29.2 Å². The maximum absolute atomic E-state index is 16.1. The lowest BCUT2D eigenvalue weighted by Gasteiger charge is -2.44. The third-order valence-electron chi connectivity index (χ3n) is 7.41. The van der Waals surface area contributed by atoms with Gasteiger partial charge in [-0.15, -0.1) is 0 Å². The monoisotopic (exact) mass is 674 g/mol. The first-order valence-electron chi connectivity index (χ1n) is 12.9. The van der Waals surface area contributed by atoms with Gasteiger partial charge in [0.25, 0.3) is 0 Å². The number of halogens is 13. The Morgan fingerprint density at radius 2 is 1.22 bits per heavy atom. The molecule has 0 N–H and O–H groups in total. The van der Waals surface area contributed by atoms with Crippen molar-refractivity contribution in [3.05, 3.63) is 90.2 Å². The molecule has 0 aliphatic carbocycles. The van der Waals surface area contributed by atoms with E-state index in [-0.39, 0.29) is 22.4 Å². The van der Waals surface area contributed by atoms with Crippen molar-refractivity contribution in [2.75, 3.05) is 16.9 Å². The molecule has 2 heterocycles. The summed E-state index contributed by atoms with van der Waals surface area (Å²) in [6, 6.07) is 10.1. The summed E-state index contributed by atoms with van der Waals surface area (Å²) in [5.41, 5.74) is -1.06. The molecule has 1 atom stereocenters. The van der Waals surface area contributed by atoms with Crippen LogP contribution in [0.4, 0.5) is 68.5 Å². The van der Waals surface area contributed by atoms with E-state index in [2.05, 4.69) is 0 Å². The van der Waals surface area contributed by atoms with Crippen LogP contribution in [0.1, 0.15) is 17.5 Å². The van der Waals surface area contributed by atoms with Crippen LogP contribution in [0.5, 0.6) is 5.75 Å². The molecule has 17 heteroatoms. The molecule has 0 saturated heterocycles. The van der Waals surface area contributed by atoms with Gasteiger partial charge in [0.15, 0.2) is 6.17 Å². The molecule has 1 unspecified atom stereocenters. The molecule has 0 saturated carbocycles. The van der Waals surface area contributed by atoms with Crippen LogP contribution in [0.3, 0.4) is 0 Å². The van der Waals surface area contributed by atoms with Gasteiger partial charge in [-0.3, -0.25) is 4.90 Å². The van der Waals surface area contributed by atoms with Crippen LogP contribution in [0.15, 0.2) is 83.3 Å². The Hall–Kier alpha value is -4.31. The van der Waals surface area contributed by atoms with Gasteiger partial charge in [-0.05, 0) is 35.9 Å². The molecule has 1 aliphatic rings. The Kier molecular flexibility index (Phi) is 7.63. The molecule has 1 aliphatic heterocycles.